The van der Waals surface area contributed by atoms with Crippen LogP contribution in [-0.2, 0) is 6.54 Å². The van der Waals surface area contributed by atoms with Gasteiger partial charge in [-0.1, -0.05) is 0 Å². The molecule has 0 aliphatic carbocycles. The Morgan fingerprint density at radius 2 is 2.43 bits per heavy atom. The van der Waals surface area contributed by atoms with Crippen molar-refractivity contribution in [2.45, 2.75) is 25.5 Å². The molecule has 78 valence electrons. The molecule has 0 bridgehead atoms. The fourth-order valence-electron chi connectivity index (χ4n) is 1.83. The van der Waals surface area contributed by atoms with Crippen LogP contribution in [0.2, 0.25) is 5.22 Å². The molecule has 0 aromatic carbocycles. The lowest BCUT2D eigenvalue weighted by Gasteiger charge is -2.28. The lowest BCUT2D eigenvalue weighted by atomic mass is 10.1. The van der Waals surface area contributed by atoms with Crippen molar-refractivity contribution in [2.24, 2.45) is 0 Å². The van der Waals surface area contributed by atoms with Crippen molar-refractivity contribution < 1.29 is 9.52 Å². The summed E-state index contributed by atoms with van der Waals surface area (Å²) in [5.41, 5.74) is 0. The third-order valence-electron chi connectivity index (χ3n) is 2.49. The summed E-state index contributed by atoms with van der Waals surface area (Å²) in [5.74, 6) is 0.865. The summed E-state index contributed by atoms with van der Waals surface area (Å²) in [4.78, 5) is 2.18. The number of nitrogens with zero attached hydrogens (tertiary/aromatic N) is 1. The SMILES string of the molecule is OC1CCCN(Cc2ccc(Cl)o2)C1. The van der Waals surface area contributed by atoms with E-state index in [-0.39, 0.29) is 6.10 Å². The zero-order valence-electron chi connectivity index (χ0n) is 7.95. The lowest BCUT2D eigenvalue weighted by Crippen LogP contribution is -2.37. The Labute approximate surface area is 88.3 Å². The van der Waals surface area contributed by atoms with E-state index in [0.29, 0.717) is 5.22 Å². The number of likely N-dealkylation sites (tertiary alicyclic amines) is 1. The predicted octanol–water partition coefficient (Wildman–Crippen LogP) is 1.89. The first-order chi connectivity index (χ1) is 6.74. The van der Waals surface area contributed by atoms with E-state index in [2.05, 4.69) is 4.90 Å². The normalized spacial score (nSPS) is 24.0. The minimum absolute atomic E-state index is 0.186. The summed E-state index contributed by atoms with van der Waals surface area (Å²) < 4.78 is 5.26. The molecule has 1 aliphatic rings. The van der Waals surface area contributed by atoms with Crippen LogP contribution in [0, 0.1) is 0 Å². The molecule has 1 atom stereocenters. The van der Waals surface area contributed by atoms with E-state index < -0.39 is 0 Å². The number of aliphatic hydroxyl groups is 1. The van der Waals surface area contributed by atoms with Gasteiger partial charge < -0.3 is 9.52 Å². The van der Waals surface area contributed by atoms with Crippen molar-refractivity contribution in [3.63, 3.8) is 0 Å². The van der Waals surface area contributed by atoms with Crippen LogP contribution >= 0.6 is 11.6 Å². The molecule has 14 heavy (non-hydrogen) atoms. The summed E-state index contributed by atoms with van der Waals surface area (Å²) in [6, 6.07) is 3.63. The largest absolute Gasteiger partial charge is 0.448 e. The highest BCUT2D eigenvalue weighted by Gasteiger charge is 2.18. The quantitative estimate of drug-likeness (QED) is 0.819. The van der Waals surface area contributed by atoms with Crippen molar-refractivity contribution >= 4 is 11.6 Å². The Bertz CT molecular complexity index is 300. The molecular formula is C10H14ClNO2. The number of hydrogen-bond donors (Lipinski definition) is 1. The van der Waals surface area contributed by atoms with Gasteiger partial charge >= 0.3 is 0 Å². The third-order valence-corrected chi connectivity index (χ3v) is 2.69. The van der Waals surface area contributed by atoms with Gasteiger partial charge in [0.05, 0.1) is 12.6 Å². The van der Waals surface area contributed by atoms with Crippen LogP contribution in [0.5, 0.6) is 0 Å². The van der Waals surface area contributed by atoms with E-state index in [0.717, 1.165) is 38.2 Å². The Kier molecular flexibility index (Phi) is 3.11. The Balaban J connectivity index is 1.90. The maximum atomic E-state index is 9.46. The average molecular weight is 216 g/mol. The summed E-state index contributed by atoms with van der Waals surface area (Å²) in [6.45, 7) is 2.50. The van der Waals surface area contributed by atoms with Crippen LogP contribution in [0.15, 0.2) is 16.5 Å². The highest BCUT2D eigenvalue weighted by Crippen LogP contribution is 2.17. The molecule has 0 spiro atoms. The first kappa shape index (κ1) is 10.0. The average Bonchev–Trinajstić information content (AvgIpc) is 2.51. The van der Waals surface area contributed by atoms with Gasteiger partial charge in [0, 0.05) is 6.54 Å². The highest BCUT2D eigenvalue weighted by atomic mass is 35.5. The van der Waals surface area contributed by atoms with Crippen LogP contribution in [0.4, 0.5) is 0 Å². The molecule has 1 aromatic heterocycles. The number of hydrogen-bond acceptors (Lipinski definition) is 3. The predicted molar refractivity (Wildman–Crippen MR) is 54.2 cm³/mol. The second-order valence-corrected chi connectivity index (χ2v) is 4.11. The Hall–Kier alpha value is -0.510. The first-order valence-corrected chi connectivity index (χ1v) is 5.26. The smallest absolute Gasteiger partial charge is 0.193 e. The number of halogens is 1. The van der Waals surface area contributed by atoms with Crippen LogP contribution in [-0.4, -0.2) is 29.2 Å². The van der Waals surface area contributed by atoms with E-state index in [1.165, 1.54) is 0 Å². The zero-order chi connectivity index (χ0) is 9.97. The van der Waals surface area contributed by atoms with Gasteiger partial charge in [-0.15, -0.1) is 0 Å². The van der Waals surface area contributed by atoms with Gasteiger partial charge in [0.15, 0.2) is 5.22 Å². The topological polar surface area (TPSA) is 36.6 Å². The number of piperidine rings is 1. The van der Waals surface area contributed by atoms with Crippen LogP contribution in [0.25, 0.3) is 0 Å². The molecule has 0 radical (unpaired) electrons. The molecule has 1 N–H and O–H groups in total. The molecule has 1 fully saturated rings. The van der Waals surface area contributed by atoms with E-state index in [9.17, 15) is 5.11 Å². The van der Waals surface area contributed by atoms with Crippen LogP contribution < -0.4 is 0 Å². The maximum Gasteiger partial charge on any atom is 0.193 e. The van der Waals surface area contributed by atoms with Crippen molar-refractivity contribution in [3.05, 3.63) is 23.1 Å². The highest BCUT2D eigenvalue weighted by molar-refractivity contribution is 6.28. The molecule has 0 saturated carbocycles. The summed E-state index contributed by atoms with van der Waals surface area (Å²) >= 11 is 5.67. The number of aliphatic hydroxyl groups excluding tert-OH is 1. The van der Waals surface area contributed by atoms with Gasteiger partial charge in [0.25, 0.3) is 0 Å². The Morgan fingerprint density at radius 1 is 1.57 bits per heavy atom. The van der Waals surface area contributed by atoms with Crippen LogP contribution in [0.3, 0.4) is 0 Å². The molecule has 3 nitrogen and oxygen atoms in total. The standard InChI is InChI=1S/C10H14ClNO2/c11-10-4-3-9(14-10)7-12-5-1-2-8(13)6-12/h3-4,8,13H,1-2,5-7H2. The molecule has 1 aliphatic heterocycles. The van der Waals surface area contributed by atoms with E-state index in [1.807, 2.05) is 6.07 Å². The molecular weight excluding hydrogens is 202 g/mol. The second kappa shape index (κ2) is 4.34. The fourth-order valence-corrected chi connectivity index (χ4v) is 1.99. The molecule has 1 unspecified atom stereocenters. The van der Waals surface area contributed by atoms with Crippen molar-refractivity contribution in [1.82, 2.24) is 4.90 Å². The van der Waals surface area contributed by atoms with Gasteiger partial charge in [-0.05, 0) is 43.1 Å². The molecule has 2 heterocycles. The minimum Gasteiger partial charge on any atom is -0.448 e. The van der Waals surface area contributed by atoms with Gasteiger partial charge in [-0.2, -0.15) is 0 Å². The maximum absolute atomic E-state index is 9.46. The molecule has 4 heteroatoms. The molecule has 1 saturated heterocycles. The first-order valence-electron chi connectivity index (χ1n) is 4.88. The monoisotopic (exact) mass is 215 g/mol. The third kappa shape index (κ3) is 2.50. The van der Waals surface area contributed by atoms with Gasteiger partial charge in [-0.3, -0.25) is 4.90 Å². The second-order valence-electron chi connectivity index (χ2n) is 3.74. The summed E-state index contributed by atoms with van der Waals surface area (Å²) in [6.07, 6.45) is 1.78. The zero-order valence-corrected chi connectivity index (χ0v) is 8.70. The minimum atomic E-state index is -0.186. The van der Waals surface area contributed by atoms with E-state index in [4.69, 9.17) is 16.0 Å². The lowest BCUT2D eigenvalue weighted by molar-refractivity contribution is 0.0634. The molecule has 1 aromatic rings. The van der Waals surface area contributed by atoms with Crippen molar-refractivity contribution in [1.29, 1.82) is 0 Å². The van der Waals surface area contributed by atoms with Gasteiger partial charge in [0.2, 0.25) is 0 Å². The Morgan fingerprint density at radius 3 is 3.07 bits per heavy atom. The summed E-state index contributed by atoms with van der Waals surface area (Å²) in [5, 5.41) is 9.89. The van der Waals surface area contributed by atoms with E-state index >= 15 is 0 Å². The van der Waals surface area contributed by atoms with Crippen molar-refractivity contribution in [2.75, 3.05) is 13.1 Å². The molecule has 0 amide bonds. The van der Waals surface area contributed by atoms with Crippen molar-refractivity contribution in [3.8, 4) is 0 Å². The van der Waals surface area contributed by atoms with Gasteiger partial charge in [0.1, 0.15) is 5.76 Å². The number of rotatable bonds is 2. The van der Waals surface area contributed by atoms with E-state index in [1.54, 1.807) is 6.07 Å². The molecule has 2 rings (SSSR count). The summed E-state index contributed by atoms with van der Waals surface area (Å²) in [7, 11) is 0. The fraction of sp³-hybridized carbons (Fsp3) is 0.600. The number of β-amino-alcohol motifs (C(OH)–C–C–N with tert-alkyl or cyclic N) is 1. The van der Waals surface area contributed by atoms with Crippen LogP contribution in [0.1, 0.15) is 18.6 Å². The van der Waals surface area contributed by atoms with Gasteiger partial charge in [-0.25, -0.2) is 0 Å². The number of furan rings is 1.